The van der Waals surface area contributed by atoms with Crippen molar-refractivity contribution in [3.8, 4) is 5.75 Å². The molecule has 1 fully saturated rings. The van der Waals surface area contributed by atoms with Gasteiger partial charge < -0.3 is 14.8 Å². The van der Waals surface area contributed by atoms with Crippen molar-refractivity contribution < 1.29 is 27.5 Å². The average Bonchev–Trinajstić information content (AvgIpc) is 3.05. The van der Waals surface area contributed by atoms with Crippen molar-refractivity contribution in [2.24, 2.45) is 0 Å². The third kappa shape index (κ3) is 6.05. The van der Waals surface area contributed by atoms with E-state index in [9.17, 15) is 18.0 Å². The van der Waals surface area contributed by atoms with E-state index >= 15 is 0 Å². The number of rotatable bonds is 7. The van der Waals surface area contributed by atoms with Crippen molar-refractivity contribution in [1.82, 2.24) is 5.32 Å². The quantitative estimate of drug-likeness (QED) is 0.693. The van der Waals surface area contributed by atoms with Gasteiger partial charge in [0.15, 0.2) is 15.9 Å². The predicted octanol–water partition coefficient (Wildman–Crippen LogP) is 2.11. The smallest absolute Gasteiger partial charge is 0.339 e. The summed E-state index contributed by atoms with van der Waals surface area (Å²) in [6, 6.07) is 15.7. The first-order chi connectivity index (χ1) is 13.8. The predicted molar refractivity (Wildman–Crippen MR) is 107 cm³/mol. The molecule has 154 valence electrons. The van der Waals surface area contributed by atoms with Crippen molar-refractivity contribution in [2.45, 2.75) is 32.1 Å². The van der Waals surface area contributed by atoms with Crippen LogP contribution in [0.4, 0.5) is 0 Å². The number of carbonyl (C=O) groups is 2. The fraction of sp³-hybridized carbons (Fsp3) is 0.333. The van der Waals surface area contributed by atoms with E-state index in [1.54, 1.807) is 24.3 Å². The Morgan fingerprint density at radius 2 is 1.90 bits per heavy atom. The van der Waals surface area contributed by atoms with E-state index in [1.165, 1.54) is 6.92 Å². The molecule has 0 aliphatic carbocycles. The molecule has 2 aromatic carbocycles. The maximum atomic E-state index is 12.4. The van der Waals surface area contributed by atoms with Crippen LogP contribution in [0.2, 0.25) is 0 Å². The highest BCUT2D eigenvalue weighted by Crippen LogP contribution is 2.17. The molecule has 2 atom stereocenters. The fourth-order valence-electron chi connectivity index (χ4n) is 2.96. The van der Waals surface area contributed by atoms with Crippen LogP contribution in [0.15, 0.2) is 54.6 Å². The zero-order valence-electron chi connectivity index (χ0n) is 16.0. The van der Waals surface area contributed by atoms with E-state index in [-0.39, 0.29) is 17.1 Å². The monoisotopic (exact) mass is 417 g/mol. The Morgan fingerprint density at radius 1 is 1.14 bits per heavy atom. The Kier molecular flexibility index (Phi) is 6.53. The number of hydrogen-bond acceptors (Lipinski definition) is 6. The van der Waals surface area contributed by atoms with Gasteiger partial charge in [0.1, 0.15) is 12.4 Å². The normalized spacial score (nSPS) is 18.6. The van der Waals surface area contributed by atoms with Gasteiger partial charge in [-0.25, -0.2) is 13.2 Å². The van der Waals surface area contributed by atoms with Crippen molar-refractivity contribution in [3.05, 3.63) is 65.7 Å². The highest BCUT2D eigenvalue weighted by Gasteiger charge is 2.30. The first-order valence-electron chi connectivity index (χ1n) is 9.31. The average molecular weight is 417 g/mol. The maximum absolute atomic E-state index is 12.4. The summed E-state index contributed by atoms with van der Waals surface area (Å²) in [5.74, 6) is -0.687. The SMILES string of the molecule is C[C@@H](OC(=O)c1cccc(OCc2ccccc2)c1)C(=O)N[C@H]1CCS(=O)(=O)C1. The highest BCUT2D eigenvalue weighted by atomic mass is 32.2. The second-order valence-corrected chi connectivity index (χ2v) is 9.19. The van der Waals surface area contributed by atoms with Crippen molar-refractivity contribution in [2.75, 3.05) is 11.5 Å². The molecule has 0 unspecified atom stereocenters. The molecule has 8 heteroatoms. The van der Waals surface area contributed by atoms with Gasteiger partial charge in [-0.2, -0.15) is 0 Å². The van der Waals surface area contributed by atoms with E-state index < -0.39 is 33.9 Å². The topological polar surface area (TPSA) is 98.8 Å². The van der Waals surface area contributed by atoms with Crippen molar-refractivity contribution >= 4 is 21.7 Å². The summed E-state index contributed by atoms with van der Waals surface area (Å²) in [4.78, 5) is 24.6. The van der Waals surface area contributed by atoms with Gasteiger partial charge in [-0.15, -0.1) is 0 Å². The lowest BCUT2D eigenvalue weighted by Crippen LogP contribution is -2.42. The molecule has 0 bridgehead atoms. The molecule has 0 spiro atoms. The van der Waals surface area contributed by atoms with Crippen molar-refractivity contribution in [1.29, 1.82) is 0 Å². The summed E-state index contributed by atoms with van der Waals surface area (Å²) >= 11 is 0. The fourth-order valence-corrected chi connectivity index (χ4v) is 4.64. The molecule has 1 amide bonds. The van der Waals surface area contributed by atoms with Gasteiger partial charge >= 0.3 is 5.97 Å². The highest BCUT2D eigenvalue weighted by molar-refractivity contribution is 7.91. The van der Waals surface area contributed by atoms with Gasteiger partial charge in [-0.1, -0.05) is 36.4 Å². The van der Waals surface area contributed by atoms with Gasteiger partial charge in [-0.3, -0.25) is 4.79 Å². The van der Waals surface area contributed by atoms with E-state index in [4.69, 9.17) is 9.47 Å². The van der Waals surface area contributed by atoms with Crippen LogP contribution in [0, 0.1) is 0 Å². The van der Waals surface area contributed by atoms with Crippen molar-refractivity contribution in [3.63, 3.8) is 0 Å². The van der Waals surface area contributed by atoms with E-state index in [0.717, 1.165) is 5.56 Å². The standard InChI is InChI=1S/C21H23NO6S/c1-15(20(23)22-18-10-11-29(25,26)14-18)28-21(24)17-8-5-9-19(12-17)27-13-16-6-3-2-4-7-16/h2-9,12,15,18H,10-11,13-14H2,1H3,(H,22,23)/t15-,18+/m1/s1. The first-order valence-corrected chi connectivity index (χ1v) is 11.1. The number of carbonyl (C=O) groups excluding carboxylic acids is 2. The van der Waals surface area contributed by atoms with Gasteiger partial charge in [0.25, 0.3) is 5.91 Å². The van der Waals surface area contributed by atoms with Crippen LogP contribution >= 0.6 is 0 Å². The Labute approximate surface area is 169 Å². The summed E-state index contributed by atoms with van der Waals surface area (Å²) in [5.41, 5.74) is 1.26. The number of ether oxygens (including phenoxy) is 2. The molecule has 0 aromatic heterocycles. The maximum Gasteiger partial charge on any atom is 0.339 e. The molecule has 1 saturated heterocycles. The lowest BCUT2D eigenvalue weighted by molar-refractivity contribution is -0.129. The summed E-state index contributed by atoms with van der Waals surface area (Å²) in [7, 11) is -3.10. The molecule has 0 radical (unpaired) electrons. The number of esters is 1. The molecular weight excluding hydrogens is 394 g/mol. The molecule has 0 saturated carbocycles. The number of sulfone groups is 1. The second-order valence-electron chi connectivity index (χ2n) is 6.96. The number of nitrogens with one attached hydrogen (secondary N) is 1. The molecule has 1 N–H and O–H groups in total. The van der Waals surface area contributed by atoms with Crippen LogP contribution in [-0.2, 0) is 26.0 Å². The summed E-state index contributed by atoms with van der Waals surface area (Å²) in [5, 5.41) is 2.62. The molecule has 1 aliphatic heterocycles. The number of benzene rings is 2. The minimum atomic E-state index is -3.10. The largest absolute Gasteiger partial charge is 0.489 e. The molecule has 1 heterocycles. The Hall–Kier alpha value is -2.87. The van der Waals surface area contributed by atoms with Gasteiger partial charge in [0.05, 0.1) is 17.1 Å². The lowest BCUT2D eigenvalue weighted by atomic mass is 10.2. The van der Waals surface area contributed by atoms with Crippen LogP contribution in [0.3, 0.4) is 0 Å². The Morgan fingerprint density at radius 3 is 2.59 bits per heavy atom. The number of hydrogen-bond donors (Lipinski definition) is 1. The van der Waals surface area contributed by atoms with Crippen LogP contribution in [0.25, 0.3) is 0 Å². The van der Waals surface area contributed by atoms with Crippen LogP contribution in [0.5, 0.6) is 5.75 Å². The number of amides is 1. The van der Waals surface area contributed by atoms with Crippen LogP contribution < -0.4 is 10.1 Å². The van der Waals surface area contributed by atoms with Crippen LogP contribution in [-0.4, -0.2) is 43.9 Å². The van der Waals surface area contributed by atoms with E-state index in [0.29, 0.717) is 18.8 Å². The second kappa shape index (κ2) is 9.09. The van der Waals surface area contributed by atoms with E-state index in [1.807, 2.05) is 30.3 Å². The van der Waals surface area contributed by atoms with Gasteiger partial charge in [0.2, 0.25) is 0 Å². The molecule has 29 heavy (non-hydrogen) atoms. The summed E-state index contributed by atoms with van der Waals surface area (Å²) in [6.07, 6.45) is -0.671. The van der Waals surface area contributed by atoms with E-state index in [2.05, 4.69) is 5.32 Å². The van der Waals surface area contributed by atoms with Gasteiger partial charge in [0, 0.05) is 6.04 Å². The summed E-state index contributed by atoms with van der Waals surface area (Å²) in [6.45, 7) is 1.81. The van der Waals surface area contributed by atoms with Gasteiger partial charge in [-0.05, 0) is 37.1 Å². The summed E-state index contributed by atoms with van der Waals surface area (Å²) < 4.78 is 33.9. The molecule has 7 nitrogen and oxygen atoms in total. The first kappa shape index (κ1) is 20.9. The lowest BCUT2D eigenvalue weighted by Gasteiger charge is -2.16. The zero-order chi connectivity index (χ0) is 20.9. The molecular formula is C21H23NO6S. The molecule has 3 rings (SSSR count). The third-order valence-corrected chi connectivity index (χ3v) is 6.32. The minimum absolute atomic E-state index is 0.0574. The third-order valence-electron chi connectivity index (χ3n) is 4.55. The molecule has 1 aliphatic rings. The Balaban J connectivity index is 1.53. The zero-order valence-corrected chi connectivity index (χ0v) is 16.9. The minimum Gasteiger partial charge on any atom is -0.489 e. The Bertz CT molecular complexity index is 974. The van der Waals surface area contributed by atoms with Crippen LogP contribution in [0.1, 0.15) is 29.3 Å². The molecule has 2 aromatic rings.